The second-order valence-electron chi connectivity index (χ2n) is 9.12. The van der Waals surface area contributed by atoms with Crippen LogP contribution >= 0.6 is 0 Å². The molecular formula is C30H36N2O. The Bertz CT molecular complexity index is 911. The van der Waals surface area contributed by atoms with Gasteiger partial charge in [-0.1, -0.05) is 104 Å². The maximum atomic E-state index is 12.7. The molecule has 0 aliphatic carbocycles. The van der Waals surface area contributed by atoms with Gasteiger partial charge in [-0.25, -0.2) is 0 Å². The van der Waals surface area contributed by atoms with E-state index < -0.39 is 0 Å². The number of carbonyl (C=O) groups excluding carboxylic acids is 1. The van der Waals surface area contributed by atoms with Crippen LogP contribution in [0.2, 0.25) is 0 Å². The van der Waals surface area contributed by atoms with Crippen LogP contribution in [-0.4, -0.2) is 41.9 Å². The van der Waals surface area contributed by atoms with Crippen molar-refractivity contribution in [3.05, 3.63) is 108 Å². The summed E-state index contributed by atoms with van der Waals surface area (Å²) in [4.78, 5) is 17.2. The highest BCUT2D eigenvalue weighted by Crippen LogP contribution is 2.30. The van der Waals surface area contributed by atoms with Crippen molar-refractivity contribution in [1.82, 2.24) is 9.80 Å². The van der Waals surface area contributed by atoms with E-state index in [1.54, 1.807) is 0 Å². The van der Waals surface area contributed by atoms with Gasteiger partial charge in [-0.05, 0) is 29.5 Å². The summed E-state index contributed by atoms with van der Waals surface area (Å²) in [5, 5.41) is 0. The van der Waals surface area contributed by atoms with E-state index in [1.165, 1.54) is 16.7 Å². The quantitative estimate of drug-likeness (QED) is 0.355. The normalized spacial score (nSPS) is 14.5. The van der Waals surface area contributed by atoms with Crippen molar-refractivity contribution in [3.63, 3.8) is 0 Å². The second kappa shape index (κ2) is 12.4. The fourth-order valence-electron chi connectivity index (χ4n) is 4.85. The fourth-order valence-corrected chi connectivity index (χ4v) is 4.85. The molecule has 0 unspecified atom stereocenters. The summed E-state index contributed by atoms with van der Waals surface area (Å²) in [6, 6.07) is 32.2. The molecule has 3 heteroatoms. The Morgan fingerprint density at radius 2 is 1.21 bits per heavy atom. The van der Waals surface area contributed by atoms with Gasteiger partial charge in [0, 0.05) is 45.1 Å². The number of carbonyl (C=O) groups is 1. The van der Waals surface area contributed by atoms with E-state index in [0.717, 1.165) is 58.4 Å². The summed E-state index contributed by atoms with van der Waals surface area (Å²) < 4.78 is 0. The van der Waals surface area contributed by atoms with E-state index in [1.807, 2.05) is 0 Å². The lowest BCUT2D eigenvalue weighted by Gasteiger charge is -2.34. The minimum Gasteiger partial charge on any atom is -0.340 e. The number of unbranched alkanes of at least 4 members (excludes halogenated alkanes) is 2. The summed E-state index contributed by atoms with van der Waals surface area (Å²) in [7, 11) is 0. The van der Waals surface area contributed by atoms with Crippen LogP contribution in [0, 0.1) is 0 Å². The van der Waals surface area contributed by atoms with E-state index in [-0.39, 0.29) is 0 Å². The van der Waals surface area contributed by atoms with Crippen molar-refractivity contribution < 1.29 is 4.79 Å². The van der Waals surface area contributed by atoms with Crippen molar-refractivity contribution in [2.24, 2.45) is 0 Å². The number of rotatable bonds is 10. The molecule has 0 radical (unpaired) electrons. The highest BCUT2D eigenvalue weighted by molar-refractivity contribution is 5.76. The van der Waals surface area contributed by atoms with Gasteiger partial charge in [0.25, 0.3) is 0 Å². The predicted molar refractivity (Wildman–Crippen MR) is 136 cm³/mol. The van der Waals surface area contributed by atoms with Gasteiger partial charge >= 0.3 is 0 Å². The van der Waals surface area contributed by atoms with Gasteiger partial charge in [0.1, 0.15) is 0 Å². The fraction of sp³-hybridized carbons (Fsp3) is 0.367. The SMILES string of the molecule is O=C(CCCCCC(c1ccccc1)c1ccccc1)N1CCN(Cc2ccccc2)CC1. The van der Waals surface area contributed by atoms with Crippen LogP contribution < -0.4 is 0 Å². The standard InChI is InChI=1S/C30H36N2O/c33-30(32-23-21-31(22-24-32)25-26-13-5-1-6-14-26)20-12-4-11-19-29(27-15-7-2-8-16-27)28-17-9-3-10-18-28/h1-3,5-10,13-18,29H,4,11-12,19-25H2. The number of hydrogen-bond donors (Lipinski definition) is 0. The van der Waals surface area contributed by atoms with Crippen LogP contribution in [0.15, 0.2) is 91.0 Å². The minimum absolute atomic E-state index is 0.331. The molecule has 1 saturated heterocycles. The number of benzene rings is 3. The van der Waals surface area contributed by atoms with Crippen LogP contribution in [0.3, 0.4) is 0 Å². The molecule has 1 fully saturated rings. The number of nitrogens with zero attached hydrogens (tertiary/aromatic N) is 2. The van der Waals surface area contributed by atoms with Gasteiger partial charge in [0.2, 0.25) is 5.91 Å². The second-order valence-corrected chi connectivity index (χ2v) is 9.12. The third-order valence-electron chi connectivity index (χ3n) is 6.76. The Balaban J connectivity index is 1.17. The van der Waals surface area contributed by atoms with Crippen molar-refractivity contribution in [2.45, 2.75) is 44.6 Å². The lowest BCUT2D eigenvalue weighted by Crippen LogP contribution is -2.48. The molecule has 33 heavy (non-hydrogen) atoms. The predicted octanol–water partition coefficient (Wildman–Crippen LogP) is 6.11. The first-order chi connectivity index (χ1) is 16.3. The molecular weight excluding hydrogens is 404 g/mol. The van der Waals surface area contributed by atoms with Gasteiger partial charge < -0.3 is 4.90 Å². The van der Waals surface area contributed by atoms with Crippen molar-refractivity contribution in [3.8, 4) is 0 Å². The third kappa shape index (κ3) is 7.03. The van der Waals surface area contributed by atoms with E-state index in [4.69, 9.17) is 0 Å². The van der Waals surface area contributed by atoms with Crippen LogP contribution in [0.4, 0.5) is 0 Å². The zero-order valence-electron chi connectivity index (χ0n) is 19.6. The molecule has 4 rings (SSSR count). The molecule has 1 heterocycles. The Labute approximate surface area is 199 Å². The molecule has 0 N–H and O–H groups in total. The zero-order chi connectivity index (χ0) is 22.7. The van der Waals surface area contributed by atoms with E-state index in [2.05, 4.69) is 101 Å². The Morgan fingerprint density at radius 1 is 0.667 bits per heavy atom. The maximum absolute atomic E-state index is 12.7. The highest BCUT2D eigenvalue weighted by atomic mass is 16.2. The molecule has 3 aromatic carbocycles. The van der Waals surface area contributed by atoms with E-state index in [0.29, 0.717) is 18.2 Å². The van der Waals surface area contributed by atoms with Crippen LogP contribution in [0.1, 0.15) is 54.7 Å². The molecule has 1 aliphatic heterocycles. The summed E-state index contributed by atoms with van der Waals surface area (Å²) in [5.74, 6) is 0.762. The molecule has 172 valence electrons. The number of amides is 1. The first kappa shape index (κ1) is 23.3. The van der Waals surface area contributed by atoms with Crippen molar-refractivity contribution >= 4 is 5.91 Å². The summed E-state index contributed by atoms with van der Waals surface area (Å²) in [6.45, 7) is 4.63. The Morgan fingerprint density at radius 3 is 1.79 bits per heavy atom. The van der Waals surface area contributed by atoms with Crippen LogP contribution in [0.5, 0.6) is 0 Å². The van der Waals surface area contributed by atoms with Gasteiger partial charge in [0.05, 0.1) is 0 Å². The topological polar surface area (TPSA) is 23.6 Å². The smallest absolute Gasteiger partial charge is 0.222 e. The van der Waals surface area contributed by atoms with Crippen molar-refractivity contribution in [2.75, 3.05) is 26.2 Å². The first-order valence-electron chi connectivity index (χ1n) is 12.4. The summed E-state index contributed by atoms with van der Waals surface area (Å²) >= 11 is 0. The van der Waals surface area contributed by atoms with Gasteiger partial charge in [-0.15, -0.1) is 0 Å². The molecule has 1 amide bonds. The average molecular weight is 441 g/mol. The van der Waals surface area contributed by atoms with E-state index in [9.17, 15) is 4.79 Å². The molecule has 0 aromatic heterocycles. The van der Waals surface area contributed by atoms with Gasteiger partial charge in [-0.2, -0.15) is 0 Å². The molecule has 3 nitrogen and oxygen atoms in total. The number of piperazine rings is 1. The van der Waals surface area contributed by atoms with Gasteiger partial charge in [0.15, 0.2) is 0 Å². The monoisotopic (exact) mass is 440 g/mol. The molecule has 0 spiro atoms. The largest absolute Gasteiger partial charge is 0.340 e. The average Bonchev–Trinajstić information content (AvgIpc) is 2.88. The number of hydrogen-bond acceptors (Lipinski definition) is 2. The Hall–Kier alpha value is -2.91. The van der Waals surface area contributed by atoms with Crippen LogP contribution in [0.25, 0.3) is 0 Å². The van der Waals surface area contributed by atoms with Crippen molar-refractivity contribution in [1.29, 1.82) is 0 Å². The molecule has 0 saturated carbocycles. The minimum atomic E-state index is 0.331. The third-order valence-corrected chi connectivity index (χ3v) is 6.76. The maximum Gasteiger partial charge on any atom is 0.222 e. The highest BCUT2D eigenvalue weighted by Gasteiger charge is 2.21. The molecule has 1 aliphatic rings. The lowest BCUT2D eigenvalue weighted by molar-refractivity contribution is -0.133. The first-order valence-corrected chi connectivity index (χ1v) is 12.4. The zero-order valence-corrected chi connectivity index (χ0v) is 19.6. The molecule has 0 bridgehead atoms. The van der Waals surface area contributed by atoms with E-state index >= 15 is 0 Å². The molecule has 0 atom stereocenters. The van der Waals surface area contributed by atoms with Crippen LogP contribution in [-0.2, 0) is 11.3 Å². The Kier molecular flexibility index (Phi) is 8.71. The lowest BCUT2D eigenvalue weighted by atomic mass is 9.87. The summed E-state index contributed by atoms with van der Waals surface area (Å²) in [6.07, 6.45) is 5.04. The summed E-state index contributed by atoms with van der Waals surface area (Å²) in [5.41, 5.74) is 4.11. The van der Waals surface area contributed by atoms with Gasteiger partial charge in [-0.3, -0.25) is 9.69 Å². The molecule has 3 aromatic rings.